The first-order chi connectivity index (χ1) is 12.5. The van der Waals surface area contributed by atoms with Crippen molar-refractivity contribution in [2.24, 2.45) is 0 Å². The second kappa shape index (κ2) is 7.55. The van der Waals surface area contributed by atoms with Gasteiger partial charge in [0.25, 0.3) is 11.5 Å². The van der Waals surface area contributed by atoms with E-state index in [0.29, 0.717) is 11.5 Å². The van der Waals surface area contributed by atoms with Crippen molar-refractivity contribution in [3.63, 3.8) is 0 Å². The average molecular weight is 358 g/mol. The smallest absolute Gasteiger partial charge is 0.276 e. The van der Waals surface area contributed by atoms with Crippen molar-refractivity contribution >= 4 is 11.8 Å². The summed E-state index contributed by atoms with van der Waals surface area (Å²) in [5.74, 6) is 0.245. The van der Waals surface area contributed by atoms with Gasteiger partial charge in [-0.15, -0.1) is 0 Å². The Morgan fingerprint density at radius 3 is 2.73 bits per heavy atom. The van der Waals surface area contributed by atoms with Crippen molar-refractivity contribution in [1.82, 2.24) is 19.8 Å². The fourth-order valence-electron chi connectivity index (χ4n) is 2.97. The summed E-state index contributed by atoms with van der Waals surface area (Å²) in [7, 11) is 0. The maximum atomic E-state index is 12.5. The monoisotopic (exact) mass is 358 g/mol. The van der Waals surface area contributed by atoms with Crippen LogP contribution in [0.5, 0.6) is 0 Å². The van der Waals surface area contributed by atoms with Gasteiger partial charge in [0.15, 0.2) is 5.69 Å². The lowest BCUT2D eigenvalue weighted by molar-refractivity contribution is -0.122. The standard InChI is InChI=1S/C18H22N4O4/c1-12(19-14(23)11-22-10-4-3-7-15(22)24)17-20-16(13(2)26-17)18(25)21-8-5-6-9-21/h3-4,7,10,12H,5-6,8-9,11H2,1-2H3,(H,19,23)/t12-/m1/s1. The van der Waals surface area contributed by atoms with Gasteiger partial charge in [0.05, 0.1) is 0 Å². The molecule has 1 aliphatic heterocycles. The lowest BCUT2D eigenvalue weighted by atomic mass is 10.3. The molecule has 8 heteroatoms. The van der Waals surface area contributed by atoms with Crippen LogP contribution >= 0.6 is 0 Å². The summed E-state index contributed by atoms with van der Waals surface area (Å²) < 4.78 is 6.90. The Morgan fingerprint density at radius 1 is 1.31 bits per heavy atom. The molecule has 0 aromatic carbocycles. The van der Waals surface area contributed by atoms with E-state index >= 15 is 0 Å². The molecule has 26 heavy (non-hydrogen) atoms. The molecule has 0 unspecified atom stereocenters. The van der Waals surface area contributed by atoms with Crippen molar-refractivity contribution in [3.8, 4) is 0 Å². The average Bonchev–Trinajstić information content (AvgIpc) is 3.26. The molecule has 0 saturated carbocycles. The van der Waals surface area contributed by atoms with E-state index in [0.717, 1.165) is 25.9 Å². The van der Waals surface area contributed by atoms with Crippen LogP contribution in [0, 0.1) is 6.92 Å². The maximum Gasteiger partial charge on any atom is 0.276 e. The fraction of sp³-hybridized carbons (Fsp3) is 0.444. The van der Waals surface area contributed by atoms with Crippen LogP contribution in [0.1, 0.15) is 47.9 Å². The Balaban J connectivity index is 1.66. The Labute approximate surface area is 150 Å². The van der Waals surface area contributed by atoms with Gasteiger partial charge in [0.2, 0.25) is 11.8 Å². The minimum absolute atomic E-state index is 0.0940. The summed E-state index contributed by atoms with van der Waals surface area (Å²) in [5.41, 5.74) is 0.0445. The highest BCUT2D eigenvalue weighted by Gasteiger charge is 2.26. The zero-order valence-corrected chi connectivity index (χ0v) is 14.9. The molecule has 2 amide bonds. The molecule has 0 radical (unpaired) electrons. The Morgan fingerprint density at radius 2 is 2.04 bits per heavy atom. The number of amides is 2. The summed E-state index contributed by atoms with van der Waals surface area (Å²) in [6.07, 6.45) is 3.55. The van der Waals surface area contributed by atoms with Gasteiger partial charge in [0.1, 0.15) is 18.3 Å². The molecule has 2 aromatic rings. The lowest BCUT2D eigenvalue weighted by Crippen LogP contribution is -2.33. The van der Waals surface area contributed by atoms with Gasteiger partial charge >= 0.3 is 0 Å². The first kappa shape index (κ1) is 17.9. The predicted octanol–water partition coefficient (Wildman–Crippen LogP) is 1.26. The van der Waals surface area contributed by atoms with Crippen LogP contribution in [0.4, 0.5) is 0 Å². The fourth-order valence-corrected chi connectivity index (χ4v) is 2.97. The Hall–Kier alpha value is -2.90. The number of carbonyl (C=O) groups excluding carboxylic acids is 2. The normalized spacial score (nSPS) is 15.1. The van der Waals surface area contributed by atoms with Crippen molar-refractivity contribution in [1.29, 1.82) is 0 Å². The topological polar surface area (TPSA) is 97.4 Å². The highest BCUT2D eigenvalue weighted by Crippen LogP contribution is 2.20. The largest absolute Gasteiger partial charge is 0.443 e. The molecule has 3 rings (SSSR count). The van der Waals surface area contributed by atoms with Gasteiger partial charge in [-0.1, -0.05) is 6.07 Å². The summed E-state index contributed by atoms with van der Waals surface area (Å²) in [6, 6.07) is 4.19. The minimum Gasteiger partial charge on any atom is -0.443 e. The van der Waals surface area contributed by atoms with Gasteiger partial charge < -0.3 is 19.2 Å². The number of aryl methyl sites for hydroxylation is 1. The zero-order chi connectivity index (χ0) is 18.7. The summed E-state index contributed by atoms with van der Waals surface area (Å²) in [4.78, 5) is 42.4. The molecule has 1 aliphatic rings. The number of aromatic nitrogens is 2. The number of nitrogens with one attached hydrogen (secondary N) is 1. The zero-order valence-electron chi connectivity index (χ0n) is 14.9. The first-order valence-corrected chi connectivity index (χ1v) is 8.67. The maximum absolute atomic E-state index is 12.5. The van der Waals surface area contributed by atoms with E-state index in [9.17, 15) is 14.4 Å². The molecular formula is C18H22N4O4. The molecule has 8 nitrogen and oxygen atoms in total. The van der Waals surface area contributed by atoms with Crippen LogP contribution in [-0.4, -0.2) is 39.4 Å². The summed E-state index contributed by atoms with van der Waals surface area (Å²) in [6.45, 7) is 4.79. The number of oxazole rings is 1. The van der Waals surface area contributed by atoms with Crippen molar-refractivity contribution in [3.05, 3.63) is 52.1 Å². The third kappa shape index (κ3) is 3.84. The number of rotatable bonds is 5. The molecule has 0 aliphatic carbocycles. The third-order valence-corrected chi connectivity index (χ3v) is 4.37. The van der Waals surface area contributed by atoms with Gasteiger partial charge in [0, 0.05) is 25.4 Å². The number of nitrogens with zero attached hydrogens (tertiary/aromatic N) is 3. The molecule has 1 atom stereocenters. The van der Waals surface area contributed by atoms with Crippen LogP contribution in [0.25, 0.3) is 0 Å². The van der Waals surface area contributed by atoms with E-state index in [2.05, 4.69) is 10.3 Å². The number of carbonyl (C=O) groups is 2. The van der Waals surface area contributed by atoms with E-state index in [-0.39, 0.29) is 29.8 Å². The number of hydrogen-bond donors (Lipinski definition) is 1. The van der Waals surface area contributed by atoms with E-state index in [1.165, 1.54) is 10.6 Å². The number of hydrogen-bond acceptors (Lipinski definition) is 5. The molecule has 1 saturated heterocycles. The van der Waals surface area contributed by atoms with Crippen LogP contribution in [0.3, 0.4) is 0 Å². The van der Waals surface area contributed by atoms with E-state index in [1.54, 1.807) is 37.1 Å². The van der Waals surface area contributed by atoms with Gasteiger partial charge in [-0.2, -0.15) is 0 Å². The molecule has 0 bridgehead atoms. The Bertz CT molecular complexity index is 864. The van der Waals surface area contributed by atoms with Crippen molar-refractivity contribution < 1.29 is 14.0 Å². The Kier molecular flexibility index (Phi) is 5.20. The first-order valence-electron chi connectivity index (χ1n) is 8.67. The van der Waals surface area contributed by atoms with Crippen LogP contribution in [0.2, 0.25) is 0 Å². The predicted molar refractivity (Wildman–Crippen MR) is 93.6 cm³/mol. The molecular weight excluding hydrogens is 336 g/mol. The molecule has 0 spiro atoms. The molecule has 2 aromatic heterocycles. The van der Waals surface area contributed by atoms with Crippen LogP contribution in [-0.2, 0) is 11.3 Å². The van der Waals surface area contributed by atoms with Gasteiger partial charge in [-0.05, 0) is 32.8 Å². The molecule has 3 heterocycles. The SMILES string of the molecule is Cc1oc([C@@H](C)NC(=O)Cn2ccccc2=O)nc1C(=O)N1CCCC1. The van der Waals surface area contributed by atoms with E-state index in [1.807, 2.05) is 0 Å². The van der Waals surface area contributed by atoms with Gasteiger partial charge in [-0.25, -0.2) is 4.98 Å². The van der Waals surface area contributed by atoms with Crippen LogP contribution in [0.15, 0.2) is 33.6 Å². The highest BCUT2D eigenvalue weighted by atomic mass is 16.4. The van der Waals surface area contributed by atoms with Crippen LogP contribution < -0.4 is 10.9 Å². The minimum atomic E-state index is -0.513. The second-order valence-corrected chi connectivity index (χ2v) is 6.41. The second-order valence-electron chi connectivity index (χ2n) is 6.41. The summed E-state index contributed by atoms with van der Waals surface area (Å²) in [5, 5.41) is 2.74. The molecule has 1 fully saturated rings. The van der Waals surface area contributed by atoms with Crippen molar-refractivity contribution in [2.45, 2.75) is 39.3 Å². The third-order valence-electron chi connectivity index (χ3n) is 4.37. The lowest BCUT2D eigenvalue weighted by Gasteiger charge is -2.13. The highest BCUT2D eigenvalue weighted by molar-refractivity contribution is 5.93. The van der Waals surface area contributed by atoms with E-state index < -0.39 is 6.04 Å². The van der Waals surface area contributed by atoms with Crippen molar-refractivity contribution in [2.75, 3.05) is 13.1 Å². The number of likely N-dealkylation sites (tertiary alicyclic amines) is 1. The summed E-state index contributed by atoms with van der Waals surface area (Å²) >= 11 is 0. The quantitative estimate of drug-likeness (QED) is 0.868. The van der Waals surface area contributed by atoms with E-state index in [4.69, 9.17) is 4.42 Å². The molecule has 138 valence electrons. The van der Waals surface area contributed by atoms with Gasteiger partial charge in [-0.3, -0.25) is 14.4 Å². The molecule has 1 N–H and O–H groups in total. The number of pyridine rings is 1.